The molecule has 0 aliphatic rings. The molecule has 0 bridgehead atoms. The van der Waals surface area contributed by atoms with Gasteiger partial charge in [-0.1, -0.05) is 264 Å². The van der Waals surface area contributed by atoms with Gasteiger partial charge in [0.2, 0.25) is 0 Å². The average Bonchev–Trinajstić information content (AvgIpc) is 3.34. The Hall–Kier alpha value is -3.70. The molecule has 0 heterocycles. The van der Waals surface area contributed by atoms with Crippen LogP contribution in [0.25, 0.3) is 0 Å². The number of carbonyl (C=O) groups excluding carboxylic acids is 2. The molecule has 0 saturated heterocycles. The maximum atomic E-state index is 12.8. The molecule has 0 aromatic heterocycles. The van der Waals surface area contributed by atoms with Gasteiger partial charge >= 0.3 is 11.9 Å². The van der Waals surface area contributed by atoms with Crippen LogP contribution in [0.5, 0.6) is 0 Å². The van der Waals surface area contributed by atoms with Crippen molar-refractivity contribution in [2.24, 2.45) is 0 Å². The van der Waals surface area contributed by atoms with Crippen LogP contribution >= 0.6 is 0 Å². The van der Waals surface area contributed by atoms with Crippen molar-refractivity contribution in [1.29, 1.82) is 0 Å². The molecule has 1 atom stereocenters. The van der Waals surface area contributed by atoms with Gasteiger partial charge in [0.1, 0.15) is 6.61 Å². The Labute approximate surface area is 420 Å². The molecule has 0 aliphatic carbocycles. The third kappa shape index (κ3) is 54.9. The number of esters is 2. The first-order valence-electron chi connectivity index (χ1n) is 28.1. The van der Waals surface area contributed by atoms with Gasteiger partial charge in [0, 0.05) is 13.0 Å². The minimum Gasteiger partial charge on any atom is -0.462 e. The number of rotatable bonds is 50. The molecule has 0 saturated carbocycles. The molecule has 0 radical (unpaired) electrons. The summed E-state index contributed by atoms with van der Waals surface area (Å²) in [5.41, 5.74) is 0. The summed E-state index contributed by atoms with van der Waals surface area (Å²) < 4.78 is 17.3. The van der Waals surface area contributed by atoms with E-state index in [1.54, 1.807) is 0 Å². The van der Waals surface area contributed by atoms with Crippen LogP contribution in [0.4, 0.5) is 0 Å². The fourth-order valence-corrected chi connectivity index (χ4v) is 7.45. The highest BCUT2D eigenvalue weighted by Gasteiger charge is 2.17. The van der Waals surface area contributed by atoms with Crippen molar-refractivity contribution >= 4 is 11.9 Å². The third-order valence-electron chi connectivity index (χ3n) is 11.5. The van der Waals surface area contributed by atoms with Crippen molar-refractivity contribution < 1.29 is 23.8 Å². The Morgan fingerprint density at radius 3 is 1.07 bits per heavy atom. The third-order valence-corrected chi connectivity index (χ3v) is 11.5. The number of ether oxygens (including phenoxy) is 3. The van der Waals surface area contributed by atoms with Crippen LogP contribution in [0.15, 0.2) is 122 Å². The van der Waals surface area contributed by atoms with Crippen molar-refractivity contribution in [2.45, 2.75) is 245 Å². The molecule has 0 aliphatic heterocycles. The summed E-state index contributed by atoms with van der Waals surface area (Å²) in [5.74, 6) is -0.612. The SMILES string of the molecule is CC/C=C\C/C=C\C/C=C\C/C=C\C/C=C\CCCC(=O)OCC(COCCCCCCCCCCCCCCCCCCCCCC)OC(=O)C/C=C\C/C=C\C/C=C\C/C=C\C/C=C\CC. The maximum absolute atomic E-state index is 12.8. The van der Waals surface area contributed by atoms with Gasteiger partial charge < -0.3 is 14.2 Å². The number of carbonyl (C=O) groups is 2. The molecule has 0 amide bonds. The summed E-state index contributed by atoms with van der Waals surface area (Å²) in [6, 6.07) is 0. The number of unbranched alkanes of at least 4 members (excludes halogenated alkanes) is 20. The smallest absolute Gasteiger partial charge is 0.310 e. The Kier molecular flexibility index (Phi) is 54.5. The van der Waals surface area contributed by atoms with E-state index in [4.69, 9.17) is 14.2 Å². The van der Waals surface area contributed by atoms with E-state index in [1.807, 2.05) is 12.2 Å². The van der Waals surface area contributed by atoms with E-state index >= 15 is 0 Å². The highest BCUT2D eigenvalue weighted by Crippen LogP contribution is 2.15. The van der Waals surface area contributed by atoms with Crippen LogP contribution in [0.2, 0.25) is 0 Å². The number of hydrogen-bond donors (Lipinski definition) is 0. The second-order valence-corrected chi connectivity index (χ2v) is 18.1. The second kappa shape index (κ2) is 57.6. The van der Waals surface area contributed by atoms with Gasteiger partial charge in [0.15, 0.2) is 6.10 Å². The molecule has 68 heavy (non-hydrogen) atoms. The summed E-state index contributed by atoms with van der Waals surface area (Å²) in [6.07, 6.45) is 81.1. The first kappa shape index (κ1) is 64.3. The van der Waals surface area contributed by atoms with Crippen LogP contribution in [0.1, 0.15) is 239 Å². The highest BCUT2D eigenvalue weighted by atomic mass is 16.6. The molecule has 5 heteroatoms. The van der Waals surface area contributed by atoms with Crippen molar-refractivity contribution in [3.8, 4) is 0 Å². The summed E-state index contributed by atoms with van der Waals surface area (Å²) in [4.78, 5) is 25.4. The summed E-state index contributed by atoms with van der Waals surface area (Å²) in [6.45, 7) is 7.44. The van der Waals surface area contributed by atoms with E-state index in [-0.39, 0.29) is 31.6 Å². The van der Waals surface area contributed by atoms with Crippen LogP contribution in [-0.4, -0.2) is 37.9 Å². The van der Waals surface area contributed by atoms with Gasteiger partial charge in [0.05, 0.1) is 13.0 Å². The quantitative estimate of drug-likeness (QED) is 0.0345. The van der Waals surface area contributed by atoms with Crippen LogP contribution < -0.4 is 0 Å². The van der Waals surface area contributed by atoms with Crippen LogP contribution in [0.3, 0.4) is 0 Å². The van der Waals surface area contributed by atoms with E-state index in [2.05, 4.69) is 130 Å². The highest BCUT2D eigenvalue weighted by molar-refractivity contribution is 5.71. The van der Waals surface area contributed by atoms with Gasteiger partial charge in [0.25, 0.3) is 0 Å². The van der Waals surface area contributed by atoms with E-state index in [1.165, 1.54) is 116 Å². The zero-order valence-electron chi connectivity index (χ0n) is 44.3. The lowest BCUT2D eigenvalue weighted by Crippen LogP contribution is -2.29. The molecular formula is C63H104O5. The Morgan fingerprint density at radius 1 is 0.353 bits per heavy atom. The largest absolute Gasteiger partial charge is 0.462 e. The average molecular weight is 942 g/mol. The van der Waals surface area contributed by atoms with E-state index in [0.29, 0.717) is 19.4 Å². The molecule has 5 nitrogen and oxygen atoms in total. The van der Waals surface area contributed by atoms with Crippen LogP contribution in [0, 0.1) is 0 Å². The van der Waals surface area contributed by atoms with Gasteiger partial charge in [-0.25, -0.2) is 0 Å². The minimum absolute atomic E-state index is 0.0111. The lowest BCUT2D eigenvalue weighted by Gasteiger charge is -2.18. The summed E-state index contributed by atoms with van der Waals surface area (Å²) in [5, 5.41) is 0. The number of hydrogen-bond acceptors (Lipinski definition) is 5. The van der Waals surface area contributed by atoms with Crippen molar-refractivity contribution in [2.75, 3.05) is 19.8 Å². The molecule has 0 aromatic carbocycles. The first-order valence-corrected chi connectivity index (χ1v) is 28.1. The summed E-state index contributed by atoms with van der Waals surface area (Å²) >= 11 is 0. The lowest BCUT2D eigenvalue weighted by atomic mass is 10.0. The number of allylic oxidation sites excluding steroid dienone is 19. The summed E-state index contributed by atoms with van der Waals surface area (Å²) in [7, 11) is 0. The van der Waals surface area contributed by atoms with E-state index in [9.17, 15) is 9.59 Å². The predicted octanol–water partition coefficient (Wildman–Crippen LogP) is 19.3. The van der Waals surface area contributed by atoms with Gasteiger partial charge in [-0.15, -0.1) is 0 Å². The monoisotopic (exact) mass is 941 g/mol. The molecular weight excluding hydrogens is 837 g/mol. The topological polar surface area (TPSA) is 61.8 Å². The lowest BCUT2D eigenvalue weighted by molar-refractivity contribution is -0.162. The predicted molar refractivity (Wildman–Crippen MR) is 297 cm³/mol. The normalized spacial score (nSPS) is 13.2. The first-order chi connectivity index (χ1) is 33.6. The molecule has 1 unspecified atom stereocenters. The standard InChI is InChI=1S/C63H104O5/c1-4-7-10-13-16-19-22-25-28-30-31-32-34-37-40-43-46-49-52-55-58-66-59-61(68-63(65)57-54-51-48-45-42-39-35-27-24-21-18-15-12-9-6-3)60-67-62(64)56-53-50-47-44-41-38-36-33-29-26-23-20-17-14-11-8-5-2/h8-9,11-12,17-18,20-21,26-27,29,35-36,38,42,44-45,47,51,54,61H,4-7,10,13-16,19,22-25,28,30-34,37,39-41,43,46,48-50,52-53,55-60H2,1-3H3/b11-8-,12-9-,20-17-,21-18-,29-26-,35-27-,38-36-,45-42-,47-44-,54-51-. The fourth-order valence-electron chi connectivity index (χ4n) is 7.45. The molecule has 0 spiro atoms. The Morgan fingerprint density at radius 2 is 0.691 bits per heavy atom. The molecule has 0 rings (SSSR count). The van der Waals surface area contributed by atoms with E-state index < -0.39 is 6.10 Å². The second-order valence-electron chi connectivity index (χ2n) is 18.1. The minimum atomic E-state index is -0.620. The van der Waals surface area contributed by atoms with Gasteiger partial charge in [-0.3, -0.25) is 9.59 Å². The van der Waals surface area contributed by atoms with Gasteiger partial charge in [-0.2, -0.15) is 0 Å². The molecule has 0 N–H and O–H groups in total. The Bertz CT molecular complexity index is 1390. The van der Waals surface area contributed by atoms with E-state index in [0.717, 1.165) is 83.5 Å². The maximum Gasteiger partial charge on any atom is 0.310 e. The van der Waals surface area contributed by atoms with Gasteiger partial charge in [-0.05, 0) is 83.5 Å². The zero-order valence-corrected chi connectivity index (χ0v) is 44.3. The molecule has 0 aromatic rings. The van der Waals surface area contributed by atoms with Crippen molar-refractivity contribution in [3.63, 3.8) is 0 Å². The van der Waals surface area contributed by atoms with Crippen LogP contribution in [-0.2, 0) is 23.8 Å². The Balaban J connectivity index is 4.43. The van der Waals surface area contributed by atoms with Crippen molar-refractivity contribution in [3.05, 3.63) is 122 Å². The zero-order chi connectivity index (χ0) is 49.2. The van der Waals surface area contributed by atoms with Crippen molar-refractivity contribution in [1.82, 2.24) is 0 Å². The molecule has 386 valence electrons. The molecule has 0 fully saturated rings. The fraction of sp³-hybridized carbons (Fsp3) is 0.651.